The normalized spacial score (nSPS) is 16.7. The molecule has 2 aliphatic heterocycles. The standard InChI is InChI=1S/C31H34N2O6/c1-30(2,3)39-29(36)24-11-9-22(21-7-5-4-6-8-21)19-26(24)32-28(35)25-20-23(10-12-27(25)34)33-15-13-31(14-16-33)37-17-18-38-31/h4-12,19-20,34H,13-18H2,1-3H3,(H,32,35). The molecule has 2 fully saturated rings. The van der Waals surface area contributed by atoms with E-state index >= 15 is 0 Å². The number of esters is 1. The molecular formula is C31H34N2O6. The van der Waals surface area contributed by atoms with E-state index in [1.165, 1.54) is 6.07 Å². The highest BCUT2D eigenvalue weighted by Crippen LogP contribution is 2.35. The van der Waals surface area contributed by atoms with Crippen LogP contribution >= 0.6 is 0 Å². The average molecular weight is 531 g/mol. The van der Waals surface area contributed by atoms with Gasteiger partial charge in [-0.25, -0.2) is 4.79 Å². The number of piperidine rings is 1. The highest BCUT2D eigenvalue weighted by atomic mass is 16.7. The minimum atomic E-state index is -0.704. The van der Waals surface area contributed by atoms with E-state index in [0.717, 1.165) is 29.7 Å². The van der Waals surface area contributed by atoms with Crippen LogP contribution in [0.1, 0.15) is 54.3 Å². The van der Waals surface area contributed by atoms with E-state index in [1.54, 1.807) is 45.0 Å². The Balaban J connectivity index is 1.41. The minimum absolute atomic E-state index is 0.112. The highest BCUT2D eigenvalue weighted by Gasteiger charge is 2.40. The van der Waals surface area contributed by atoms with Crippen LogP contribution < -0.4 is 10.2 Å². The van der Waals surface area contributed by atoms with E-state index in [9.17, 15) is 14.7 Å². The van der Waals surface area contributed by atoms with E-state index in [-0.39, 0.29) is 16.9 Å². The SMILES string of the molecule is CC(C)(C)OC(=O)c1ccc(-c2ccccc2)cc1NC(=O)c1cc(N2CCC3(CC2)OCCO3)ccc1O. The van der Waals surface area contributed by atoms with Gasteiger partial charge in [0, 0.05) is 31.6 Å². The molecule has 5 rings (SSSR count). The first-order valence-corrected chi connectivity index (χ1v) is 13.2. The Kier molecular flexibility index (Phi) is 7.34. The van der Waals surface area contributed by atoms with Gasteiger partial charge in [0.05, 0.1) is 30.0 Å². The quantitative estimate of drug-likeness (QED) is 0.414. The number of carbonyl (C=O) groups is 2. The van der Waals surface area contributed by atoms with Crippen molar-refractivity contribution in [2.45, 2.75) is 45.0 Å². The fourth-order valence-electron chi connectivity index (χ4n) is 4.95. The summed E-state index contributed by atoms with van der Waals surface area (Å²) in [7, 11) is 0. The topological polar surface area (TPSA) is 97.3 Å². The summed E-state index contributed by atoms with van der Waals surface area (Å²) in [6.45, 7) is 8.00. The number of amides is 1. The number of phenolic OH excluding ortho intramolecular Hbond substituents is 1. The van der Waals surface area contributed by atoms with Gasteiger partial charge in [0.25, 0.3) is 5.91 Å². The van der Waals surface area contributed by atoms with Crippen molar-refractivity contribution in [3.63, 3.8) is 0 Å². The van der Waals surface area contributed by atoms with E-state index < -0.39 is 23.3 Å². The molecule has 39 heavy (non-hydrogen) atoms. The third-order valence-electron chi connectivity index (χ3n) is 6.92. The van der Waals surface area contributed by atoms with Crippen LogP contribution in [0.5, 0.6) is 5.75 Å². The van der Waals surface area contributed by atoms with Crippen molar-refractivity contribution in [2.75, 3.05) is 36.5 Å². The molecule has 1 spiro atoms. The molecule has 2 aliphatic rings. The zero-order valence-electron chi connectivity index (χ0n) is 22.5. The van der Waals surface area contributed by atoms with Crippen molar-refractivity contribution in [3.8, 4) is 16.9 Å². The fourth-order valence-corrected chi connectivity index (χ4v) is 4.95. The lowest BCUT2D eigenvalue weighted by Crippen LogP contribution is -2.45. The van der Waals surface area contributed by atoms with E-state index in [4.69, 9.17) is 14.2 Å². The molecule has 0 aromatic heterocycles. The molecule has 3 aromatic carbocycles. The van der Waals surface area contributed by atoms with Gasteiger partial charge < -0.3 is 29.5 Å². The molecule has 204 valence electrons. The van der Waals surface area contributed by atoms with Gasteiger partial charge >= 0.3 is 5.97 Å². The van der Waals surface area contributed by atoms with Crippen LogP contribution in [0.4, 0.5) is 11.4 Å². The fraction of sp³-hybridized carbons (Fsp3) is 0.355. The Bertz CT molecular complexity index is 1350. The Hall–Kier alpha value is -3.88. The molecule has 0 saturated carbocycles. The van der Waals surface area contributed by atoms with Gasteiger partial charge in [0.2, 0.25) is 0 Å². The summed E-state index contributed by atoms with van der Waals surface area (Å²) in [6, 6.07) is 19.9. The maximum absolute atomic E-state index is 13.5. The van der Waals surface area contributed by atoms with Crippen LogP contribution in [0, 0.1) is 0 Å². The van der Waals surface area contributed by atoms with E-state index in [1.807, 2.05) is 36.4 Å². The summed E-state index contributed by atoms with van der Waals surface area (Å²) >= 11 is 0. The van der Waals surface area contributed by atoms with Crippen LogP contribution in [0.15, 0.2) is 66.7 Å². The van der Waals surface area contributed by atoms with Crippen LogP contribution in [0.3, 0.4) is 0 Å². The first-order valence-electron chi connectivity index (χ1n) is 13.2. The molecule has 8 nitrogen and oxygen atoms in total. The lowest BCUT2D eigenvalue weighted by atomic mass is 10.0. The third-order valence-corrected chi connectivity index (χ3v) is 6.92. The van der Waals surface area contributed by atoms with Crippen molar-refractivity contribution in [3.05, 3.63) is 77.9 Å². The molecule has 2 heterocycles. The van der Waals surface area contributed by atoms with Crippen molar-refractivity contribution < 1.29 is 28.9 Å². The summed E-state index contributed by atoms with van der Waals surface area (Å²) in [4.78, 5) is 28.7. The van der Waals surface area contributed by atoms with Gasteiger partial charge in [0.1, 0.15) is 11.4 Å². The number of ether oxygens (including phenoxy) is 3. The summed E-state index contributed by atoms with van der Waals surface area (Å²) in [6.07, 6.45) is 1.45. The number of nitrogens with zero attached hydrogens (tertiary/aromatic N) is 1. The van der Waals surface area contributed by atoms with Gasteiger partial charge in [-0.15, -0.1) is 0 Å². The Morgan fingerprint density at radius 1 is 0.897 bits per heavy atom. The lowest BCUT2D eigenvalue weighted by Gasteiger charge is -2.38. The maximum Gasteiger partial charge on any atom is 0.340 e. The summed E-state index contributed by atoms with van der Waals surface area (Å²) in [5, 5.41) is 13.5. The number of phenols is 1. The smallest absolute Gasteiger partial charge is 0.340 e. The zero-order valence-corrected chi connectivity index (χ0v) is 22.5. The van der Waals surface area contributed by atoms with Gasteiger partial charge in [-0.3, -0.25) is 4.79 Å². The van der Waals surface area contributed by atoms with Gasteiger partial charge in [0.15, 0.2) is 5.79 Å². The number of nitrogens with one attached hydrogen (secondary N) is 1. The largest absolute Gasteiger partial charge is 0.507 e. The number of hydrogen-bond donors (Lipinski definition) is 2. The molecule has 2 N–H and O–H groups in total. The summed E-state index contributed by atoms with van der Waals surface area (Å²) in [5.74, 6) is -1.73. The first kappa shape index (κ1) is 26.7. The molecule has 0 atom stereocenters. The predicted octanol–water partition coefficient (Wildman–Crippen LogP) is 5.61. The second-order valence-corrected chi connectivity index (χ2v) is 10.9. The Morgan fingerprint density at radius 3 is 2.26 bits per heavy atom. The number of benzene rings is 3. The average Bonchev–Trinajstić information content (AvgIpc) is 3.36. The van der Waals surface area contributed by atoms with Crippen LogP contribution in [0.25, 0.3) is 11.1 Å². The number of hydrogen-bond acceptors (Lipinski definition) is 7. The summed E-state index contributed by atoms with van der Waals surface area (Å²) < 4.78 is 17.2. The molecule has 0 radical (unpaired) electrons. The molecule has 3 aromatic rings. The monoisotopic (exact) mass is 530 g/mol. The molecule has 0 unspecified atom stereocenters. The number of carbonyl (C=O) groups excluding carboxylic acids is 2. The second-order valence-electron chi connectivity index (χ2n) is 10.9. The van der Waals surface area contributed by atoms with E-state index in [2.05, 4.69) is 10.2 Å². The molecule has 1 amide bonds. The Morgan fingerprint density at radius 2 is 1.59 bits per heavy atom. The molecular weight excluding hydrogens is 496 g/mol. The van der Waals surface area contributed by atoms with Gasteiger partial charge in [-0.2, -0.15) is 0 Å². The van der Waals surface area contributed by atoms with Crippen LogP contribution in [-0.4, -0.2) is 54.7 Å². The zero-order chi connectivity index (χ0) is 27.6. The van der Waals surface area contributed by atoms with Gasteiger partial charge in [-0.1, -0.05) is 36.4 Å². The number of rotatable bonds is 5. The van der Waals surface area contributed by atoms with Crippen LogP contribution in [-0.2, 0) is 14.2 Å². The lowest BCUT2D eigenvalue weighted by molar-refractivity contribution is -0.169. The summed E-state index contributed by atoms with van der Waals surface area (Å²) in [5.41, 5.74) is 2.52. The maximum atomic E-state index is 13.5. The Labute approximate surface area is 228 Å². The van der Waals surface area contributed by atoms with Crippen molar-refractivity contribution in [1.29, 1.82) is 0 Å². The molecule has 0 bridgehead atoms. The molecule has 2 saturated heterocycles. The van der Waals surface area contributed by atoms with Crippen LogP contribution in [0.2, 0.25) is 0 Å². The van der Waals surface area contributed by atoms with Crippen molar-refractivity contribution in [1.82, 2.24) is 0 Å². The van der Waals surface area contributed by atoms with Gasteiger partial charge in [-0.05, 0) is 62.2 Å². The molecule has 8 heteroatoms. The predicted molar refractivity (Wildman–Crippen MR) is 149 cm³/mol. The van der Waals surface area contributed by atoms with Crippen molar-refractivity contribution in [2.24, 2.45) is 0 Å². The number of anilines is 2. The van der Waals surface area contributed by atoms with Crippen molar-refractivity contribution >= 4 is 23.3 Å². The molecule has 0 aliphatic carbocycles. The second kappa shape index (κ2) is 10.7. The first-order chi connectivity index (χ1) is 18.6. The van der Waals surface area contributed by atoms with E-state index in [0.29, 0.717) is 32.0 Å². The third kappa shape index (κ3) is 6.08. The number of aromatic hydroxyl groups is 1. The minimum Gasteiger partial charge on any atom is -0.507 e. The highest BCUT2D eigenvalue weighted by molar-refractivity contribution is 6.10.